The molecule has 2 aromatic rings. The van der Waals surface area contributed by atoms with Crippen LogP contribution < -0.4 is 15.2 Å². The summed E-state index contributed by atoms with van der Waals surface area (Å²) >= 11 is 1.96. The van der Waals surface area contributed by atoms with Crippen molar-refractivity contribution in [3.63, 3.8) is 0 Å². The molecule has 2 N–H and O–H groups in total. The Labute approximate surface area is 133 Å². The van der Waals surface area contributed by atoms with E-state index in [1.54, 1.807) is 7.11 Å². The number of aromatic nitrogens is 2. The smallest absolute Gasteiger partial charge is 0.240 e. The van der Waals surface area contributed by atoms with Gasteiger partial charge in [-0.3, -0.25) is 0 Å². The summed E-state index contributed by atoms with van der Waals surface area (Å²) in [5.41, 5.74) is 6.30. The van der Waals surface area contributed by atoms with E-state index in [0.717, 1.165) is 29.9 Å². The van der Waals surface area contributed by atoms with Gasteiger partial charge in [0.05, 0.1) is 19.2 Å². The predicted molar refractivity (Wildman–Crippen MR) is 85.2 cm³/mol. The lowest BCUT2D eigenvalue weighted by atomic mass is 10.1. The first-order chi connectivity index (χ1) is 10.8. The van der Waals surface area contributed by atoms with Gasteiger partial charge in [0.1, 0.15) is 6.10 Å². The maximum atomic E-state index is 6.21. The number of hydrogen-bond acceptors (Lipinski definition) is 7. The average molecular weight is 321 g/mol. The summed E-state index contributed by atoms with van der Waals surface area (Å²) in [6, 6.07) is 5.66. The molecule has 0 saturated carbocycles. The number of nitrogens with zero attached hydrogens (tertiary/aromatic N) is 2. The maximum Gasteiger partial charge on any atom is 0.240 e. The van der Waals surface area contributed by atoms with Gasteiger partial charge in [0.15, 0.2) is 11.5 Å². The van der Waals surface area contributed by atoms with Gasteiger partial charge < -0.3 is 19.7 Å². The van der Waals surface area contributed by atoms with E-state index < -0.39 is 0 Å². The van der Waals surface area contributed by atoms with Crippen LogP contribution in [0.2, 0.25) is 0 Å². The van der Waals surface area contributed by atoms with E-state index in [2.05, 4.69) is 10.1 Å². The maximum absolute atomic E-state index is 6.21. The summed E-state index contributed by atoms with van der Waals surface area (Å²) < 4.78 is 16.8. The molecule has 0 spiro atoms. The monoisotopic (exact) mass is 321 g/mol. The van der Waals surface area contributed by atoms with Crippen LogP contribution in [-0.4, -0.2) is 34.9 Å². The van der Waals surface area contributed by atoms with Crippen molar-refractivity contribution < 1.29 is 14.0 Å². The van der Waals surface area contributed by atoms with Gasteiger partial charge in [-0.2, -0.15) is 16.7 Å². The van der Waals surface area contributed by atoms with E-state index in [1.807, 2.05) is 30.0 Å². The summed E-state index contributed by atoms with van der Waals surface area (Å²) in [6.07, 6.45) is 2.25. The van der Waals surface area contributed by atoms with Gasteiger partial charge in [0.25, 0.3) is 0 Å². The molecule has 118 valence electrons. The van der Waals surface area contributed by atoms with Crippen LogP contribution in [0.15, 0.2) is 22.7 Å². The van der Waals surface area contributed by atoms with Crippen molar-refractivity contribution in [2.75, 3.05) is 18.6 Å². The lowest BCUT2D eigenvalue weighted by Crippen LogP contribution is -2.22. The number of hydrogen-bond donors (Lipinski definition) is 1. The minimum Gasteiger partial charge on any atom is -0.493 e. The summed E-state index contributed by atoms with van der Waals surface area (Å²) in [4.78, 5) is 4.29. The second-order valence-corrected chi connectivity index (χ2v) is 6.21. The highest BCUT2D eigenvalue weighted by Crippen LogP contribution is 2.38. The number of ether oxygens (including phenoxy) is 2. The van der Waals surface area contributed by atoms with Crippen LogP contribution in [0.4, 0.5) is 0 Å². The van der Waals surface area contributed by atoms with Gasteiger partial charge in [-0.25, -0.2) is 0 Å². The van der Waals surface area contributed by atoms with Crippen LogP contribution >= 0.6 is 11.8 Å². The first-order valence-corrected chi connectivity index (χ1v) is 8.41. The molecule has 1 aliphatic rings. The fourth-order valence-corrected chi connectivity index (χ4v) is 3.45. The van der Waals surface area contributed by atoms with E-state index >= 15 is 0 Å². The zero-order chi connectivity index (χ0) is 15.4. The third-order valence-corrected chi connectivity index (χ3v) is 4.58. The largest absolute Gasteiger partial charge is 0.493 e. The molecule has 1 aromatic carbocycles. The highest BCUT2D eigenvalue weighted by atomic mass is 32.2. The van der Waals surface area contributed by atoms with E-state index in [0.29, 0.717) is 23.2 Å². The molecule has 6 nitrogen and oxygen atoms in total. The second-order valence-electron chi connectivity index (χ2n) is 4.98. The molecule has 3 rings (SSSR count). The number of nitrogens with two attached hydrogens (primary N) is 1. The van der Waals surface area contributed by atoms with Crippen molar-refractivity contribution in [3.8, 4) is 22.9 Å². The first-order valence-electron chi connectivity index (χ1n) is 7.26. The molecule has 2 heterocycles. The third kappa shape index (κ3) is 3.20. The van der Waals surface area contributed by atoms with Crippen molar-refractivity contribution in [2.45, 2.75) is 25.5 Å². The van der Waals surface area contributed by atoms with Crippen LogP contribution in [0, 0.1) is 0 Å². The highest BCUT2D eigenvalue weighted by Gasteiger charge is 2.22. The Morgan fingerprint density at radius 1 is 1.36 bits per heavy atom. The van der Waals surface area contributed by atoms with E-state index in [4.69, 9.17) is 19.7 Å². The molecule has 22 heavy (non-hydrogen) atoms. The topological polar surface area (TPSA) is 83.4 Å². The molecule has 0 bridgehead atoms. The van der Waals surface area contributed by atoms with Gasteiger partial charge in [0, 0.05) is 0 Å². The molecule has 0 aliphatic carbocycles. The van der Waals surface area contributed by atoms with E-state index in [-0.39, 0.29) is 12.6 Å². The quantitative estimate of drug-likeness (QED) is 0.905. The molecule has 1 aromatic heterocycles. The lowest BCUT2D eigenvalue weighted by Gasteiger charge is -2.24. The standard InChI is InChI=1S/C15H19N3O3S/c1-19-12-4-2-3-11(15-17-13(9-16)21-18-15)14(12)20-10-5-7-22-8-6-10/h2-4,10H,5-9,16H2,1H3. The molecule has 0 amide bonds. The van der Waals surface area contributed by atoms with Crippen molar-refractivity contribution >= 4 is 11.8 Å². The number of benzene rings is 1. The van der Waals surface area contributed by atoms with E-state index in [9.17, 15) is 0 Å². The highest BCUT2D eigenvalue weighted by molar-refractivity contribution is 7.99. The number of thioether (sulfide) groups is 1. The van der Waals surface area contributed by atoms with Crippen LogP contribution in [0.3, 0.4) is 0 Å². The van der Waals surface area contributed by atoms with Gasteiger partial charge in [0.2, 0.25) is 11.7 Å². The normalized spacial score (nSPS) is 15.7. The molecule has 1 saturated heterocycles. The van der Waals surface area contributed by atoms with Gasteiger partial charge in [-0.1, -0.05) is 11.2 Å². The zero-order valence-corrected chi connectivity index (χ0v) is 13.3. The summed E-state index contributed by atoms with van der Waals surface area (Å²) in [7, 11) is 1.63. The molecule has 0 unspecified atom stereocenters. The molecular formula is C15H19N3O3S. The molecule has 7 heteroatoms. The molecule has 0 atom stereocenters. The minimum atomic E-state index is 0.192. The molecular weight excluding hydrogens is 302 g/mol. The Bertz CT molecular complexity index is 626. The Morgan fingerprint density at radius 2 is 2.18 bits per heavy atom. The van der Waals surface area contributed by atoms with Gasteiger partial charge in [-0.05, 0) is 36.5 Å². The second kappa shape index (κ2) is 7.02. The van der Waals surface area contributed by atoms with Gasteiger partial charge >= 0.3 is 0 Å². The van der Waals surface area contributed by atoms with Crippen LogP contribution in [0.1, 0.15) is 18.7 Å². The van der Waals surface area contributed by atoms with Crippen LogP contribution in [-0.2, 0) is 6.54 Å². The van der Waals surface area contributed by atoms with Crippen molar-refractivity contribution in [1.29, 1.82) is 0 Å². The number of methoxy groups -OCH3 is 1. The Balaban J connectivity index is 1.94. The van der Waals surface area contributed by atoms with Crippen molar-refractivity contribution in [3.05, 3.63) is 24.1 Å². The molecule has 0 radical (unpaired) electrons. The fourth-order valence-electron chi connectivity index (χ4n) is 2.38. The first kappa shape index (κ1) is 15.2. The Hall–Kier alpha value is -1.73. The molecule has 1 aliphatic heterocycles. The minimum absolute atomic E-state index is 0.192. The average Bonchev–Trinajstić information content (AvgIpc) is 3.05. The predicted octanol–water partition coefficient (Wildman–Crippen LogP) is 2.48. The molecule has 1 fully saturated rings. The fraction of sp³-hybridized carbons (Fsp3) is 0.467. The third-order valence-electron chi connectivity index (χ3n) is 3.54. The van der Waals surface area contributed by atoms with Crippen LogP contribution in [0.25, 0.3) is 11.4 Å². The van der Waals surface area contributed by atoms with Crippen molar-refractivity contribution in [1.82, 2.24) is 10.1 Å². The Kier molecular flexibility index (Phi) is 4.84. The number of rotatable bonds is 5. The Morgan fingerprint density at radius 3 is 2.86 bits per heavy atom. The SMILES string of the molecule is COc1cccc(-c2noc(CN)n2)c1OC1CCSCC1. The van der Waals surface area contributed by atoms with E-state index in [1.165, 1.54) is 0 Å². The summed E-state index contributed by atoms with van der Waals surface area (Å²) in [6.45, 7) is 0.215. The van der Waals surface area contributed by atoms with Gasteiger partial charge in [-0.15, -0.1) is 0 Å². The van der Waals surface area contributed by atoms with Crippen molar-refractivity contribution in [2.24, 2.45) is 5.73 Å². The lowest BCUT2D eigenvalue weighted by molar-refractivity contribution is 0.185. The van der Waals surface area contributed by atoms with Crippen LogP contribution in [0.5, 0.6) is 11.5 Å². The zero-order valence-electron chi connectivity index (χ0n) is 12.4. The number of para-hydroxylation sites is 1. The summed E-state index contributed by atoms with van der Waals surface area (Å²) in [5.74, 6) is 4.46. The summed E-state index contributed by atoms with van der Waals surface area (Å²) in [5, 5.41) is 3.98.